The molecule has 2 aliphatic rings. The molecule has 3 amide bonds. The average Bonchev–Trinajstić information content (AvgIpc) is 3.58. The Bertz CT molecular complexity index is 1630. The Morgan fingerprint density at radius 3 is 2.44 bits per heavy atom. The van der Waals surface area contributed by atoms with Crippen LogP contribution in [0.3, 0.4) is 0 Å². The first-order valence-corrected chi connectivity index (χ1v) is 13.5. The second kappa shape index (κ2) is 10.8. The zero-order chi connectivity index (χ0) is 28.5. The second-order valence-corrected chi connectivity index (χ2v) is 10.4. The summed E-state index contributed by atoms with van der Waals surface area (Å²) >= 11 is 0. The number of phenolic OH excluding ortho intramolecular Hbond substituents is 1. The van der Waals surface area contributed by atoms with Crippen molar-refractivity contribution >= 4 is 34.4 Å². The Morgan fingerprint density at radius 2 is 1.66 bits per heavy atom. The maximum atomic E-state index is 14.1. The zero-order valence-corrected chi connectivity index (χ0v) is 22.1. The number of nitrogens with one attached hydrogen (secondary N) is 1. The second-order valence-electron chi connectivity index (χ2n) is 10.4. The van der Waals surface area contributed by atoms with Crippen LogP contribution in [0.25, 0.3) is 10.9 Å². The molecule has 2 aliphatic heterocycles. The third kappa shape index (κ3) is 5.02. The quantitative estimate of drug-likeness (QED) is 0.382. The fourth-order valence-corrected chi connectivity index (χ4v) is 5.88. The Morgan fingerprint density at radius 1 is 0.927 bits per heavy atom. The monoisotopic (exact) mass is 548 g/mol. The van der Waals surface area contributed by atoms with Gasteiger partial charge in [0.15, 0.2) is 5.78 Å². The van der Waals surface area contributed by atoms with Crippen molar-refractivity contribution in [2.75, 3.05) is 13.1 Å². The molecule has 0 radical (unpaired) electrons. The molecule has 0 spiro atoms. The Balaban J connectivity index is 1.27. The van der Waals surface area contributed by atoms with E-state index < -0.39 is 24.0 Å². The normalized spacial score (nSPS) is 18.8. The standard InChI is InChI=1S/C32H28N4O5/c37-22-12-10-20(11-13-22)18-26(34-30(39)24-14-16-33-25-9-5-4-8-23(24)25)32(41)35-17-15-27-29(35)28(38)19-36(27)31(40)21-6-2-1-3-7-21/h1-14,16,26-27,29,37H,15,17-19H2,(H,34,39)/t26-,27+,29-/m0/s1. The maximum Gasteiger partial charge on any atom is 0.254 e. The summed E-state index contributed by atoms with van der Waals surface area (Å²) in [5.41, 5.74) is 2.27. The third-order valence-corrected chi connectivity index (χ3v) is 7.86. The summed E-state index contributed by atoms with van der Waals surface area (Å²) in [5, 5.41) is 13.3. The summed E-state index contributed by atoms with van der Waals surface area (Å²) in [6.07, 6.45) is 2.17. The van der Waals surface area contributed by atoms with Gasteiger partial charge < -0.3 is 20.2 Å². The van der Waals surface area contributed by atoms with Gasteiger partial charge in [-0.05, 0) is 48.4 Å². The number of aromatic hydroxyl groups is 1. The number of carbonyl (C=O) groups is 4. The van der Waals surface area contributed by atoms with Crippen LogP contribution in [0.4, 0.5) is 0 Å². The van der Waals surface area contributed by atoms with Crippen molar-refractivity contribution < 1.29 is 24.3 Å². The van der Waals surface area contributed by atoms with Gasteiger partial charge in [-0.2, -0.15) is 0 Å². The fraction of sp³-hybridized carbons (Fsp3) is 0.219. The lowest BCUT2D eigenvalue weighted by atomic mass is 10.0. The number of hydrogen-bond acceptors (Lipinski definition) is 6. The number of phenols is 1. The van der Waals surface area contributed by atoms with Gasteiger partial charge in [-0.25, -0.2) is 0 Å². The summed E-state index contributed by atoms with van der Waals surface area (Å²) in [5.74, 6) is -1.17. The molecule has 0 saturated carbocycles. The van der Waals surface area contributed by atoms with E-state index in [1.54, 1.807) is 59.6 Å². The van der Waals surface area contributed by atoms with E-state index in [2.05, 4.69) is 10.3 Å². The highest BCUT2D eigenvalue weighted by Gasteiger charge is 2.52. The summed E-state index contributed by atoms with van der Waals surface area (Å²) in [6.45, 7) is 0.226. The van der Waals surface area contributed by atoms with Crippen LogP contribution in [0, 0.1) is 0 Å². The molecule has 206 valence electrons. The minimum absolute atomic E-state index is 0.0646. The van der Waals surface area contributed by atoms with E-state index >= 15 is 0 Å². The number of likely N-dealkylation sites (tertiary alicyclic amines) is 2. The largest absolute Gasteiger partial charge is 0.508 e. The van der Waals surface area contributed by atoms with Gasteiger partial charge in [-0.15, -0.1) is 0 Å². The molecule has 1 aromatic heterocycles. The minimum Gasteiger partial charge on any atom is -0.508 e. The highest BCUT2D eigenvalue weighted by molar-refractivity contribution is 6.08. The molecular formula is C32H28N4O5. The molecule has 3 aromatic carbocycles. The molecular weight excluding hydrogens is 520 g/mol. The van der Waals surface area contributed by atoms with Gasteiger partial charge in [0.1, 0.15) is 17.8 Å². The van der Waals surface area contributed by atoms with Gasteiger partial charge in [-0.3, -0.25) is 24.2 Å². The number of Topliss-reactive ketones (excluding diaryl/α,β-unsaturated/α-hetero) is 1. The van der Waals surface area contributed by atoms with Crippen LogP contribution >= 0.6 is 0 Å². The van der Waals surface area contributed by atoms with Crippen molar-refractivity contribution in [3.05, 3.63) is 108 Å². The summed E-state index contributed by atoms with van der Waals surface area (Å²) in [6, 6.07) is 21.9. The van der Waals surface area contributed by atoms with E-state index in [0.717, 1.165) is 5.56 Å². The molecule has 9 heteroatoms. The van der Waals surface area contributed by atoms with E-state index in [0.29, 0.717) is 35.0 Å². The smallest absolute Gasteiger partial charge is 0.254 e. The predicted octanol–water partition coefficient (Wildman–Crippen LogP) is 2.98. The van der Waals surface area contributed by atoms with Gasteiger partial charge in [0, 0.05) is 30.1 Å². The average molecular weight is 549 g/mol. The molecule has 2 saturated heterocycles. The first-order valence-electron chi connectivity index (χ1n) is 13.5. The number of nitrogens with zero attached hydrogens (tertiary/aromatic N) is 3. The number of rotatable bonds is 6. The Labute approximate surface area is 236 Å². The fourth-order valence-electron chi connectivity index (χ4n) is 5.88. The van der Waals surface area contributed by atoms with E-state index in [1.165, 1.54) is 17.0 Å². The lowest BCUT2D eigenvalue weighted by Gasteiger charge is -2.28. The van der Waals surface area contributed by atoms with Gasteiger partial charge in [0.25, 0.3) is 11.8 Å². The first kappa shape index (κ1) is 26.2. The van der Waals surface area contributed by atoms with Crippen LogP contribution in [0.1, 0.15) is 32.7 Å². The third-order valence-electron chi connectivity index (χ3n) is 7.86. The summed E-state index contributed by atoms with van der Waals surface area (Å²) in [4.78, 5) is 61.4. The van der Waals surface area contributed by atoms with Crippen molar-refractivity contribution in [3.8, 4) is 5.75 Å². The van der Waals surface area contributed by atoms with Crippen LogP contribution < -0.4 is 5.32 Å². The molecule has 2 N–H and O–H groups in total. The van der Waals surface area contributed by atoms with Crippen LogP contribution in [0.2, 0.25) is 0 Å². The number of amides is 3. The van der Waals surface area contributed by atoms with Crippen molar-refractivity contribution in [2.24, 2.45) is 0 Å². The first-order chi connectivity index (χ1) is 19.9. The lowest BCUT2D eigenvalue weighted by molar-refractivity contribution is -0.138. The SMILES string of the molecule is O=C(N[C@@H](Cc1ccc(O)cc1)C(=O)N1CC[C@@H]2[C@H]1C(=O)CN2C(=O)c1ccccc1)c1ccnc2ccccc12. The van der Waals surface area contributed by atoms with Gasteiger partial charge >= 0.3 is 0 Å². The molecule has 0 aliphatic carbocycles. The number of aromatic nitrogens is 1. The zero-order valence-electron chi connectivity index (χ0n) is 22.1. The predicted molar refractivity (Wildman–Crippen MR) is 151 cm³/mol. The number of hydrogen-bond donors (Lipinski definition) is 2. The Hall–Kier alpha value is -5.05. The van der Waals surface area contributed by atoms with E-state index in [1.807, 2.05) is 24.3 Å². The number of para-hydroxylation sites is 1. The molecule has 3 atom stereocenters. The van der Waals surface area contributed by atoms with Gasteiger partial charge in [0.05, 0.1) is 23.7 Å². The molecule has 41 heavy (non-hydrogen) atoms. The van der Waals surface area contributed by atoms with E-state index in [-0.39, 0.29) is 36.3 Å². The summed E-state index contributed by atoms with van der Waals surface area (Å²) in [7, 11) is 0. The number of carbonyl (C=O) groups excluding carboxylic acids is 4. The molecule has 2 fully saturated rings. The molecule has 4 aromatic rings. The van der Waals surface area contributed by atoms with Crippen molar-refractivity contribution in [2.45, 2.75) is 31.0 Å². The molecule has 0 bridgehead atoms. The van der Waals surface area contributed by atoms with Crippen LogP contribution in [-0.4, -0.2) is 74.6 Å². The molecule has 3 heterocycles. The topological polar surface area (TPSA) is 120 Å². The summed E-state index contributed by atoms with van der Waals surface area (Å²) < 4.78 is 0. The maximum absolute atomic E-state index is 14.1. The van der Waals surface area contributed by atoms with Crippen molar-refractivity contribution in [1.29, 1.82) is 0 Å². The number of ketones is 1. The Kier molecular flexibility index (Phi) is 6.93. The van der Waals surface area contributed by atoms with Crippen LogP contribution in [-0.2, 0) is 16.0 Å². The minimum atomic E-state index is -0.982. The highest BCUT2D eigenvalue weighted by atomic mass is 16.3. The number of pyridine rings is 1. The molecule has 6 rings (SSSR count). The van der Waals surface area contributed by atoms with Crippen LogP contribution in [0.15, 0.2) is 91.1 Å². The van der Waals surface area contributed by atoms with E-state index in [9.17, 15) is 24.3 Å². The highest BCUT2D eigenvalue weighted by Crippen LogP contribution is 2.32. The number of fused-ring (bicyclic) bond motifs is 2. The van der Waals surface area contributed by atoms with Crippen molar-refractivity contribution in [1.82, 2.24) is 20.1 Å². The molecule has 0 unspecified atom stereocenters. The van der Waals surface area contributed by atoms with E-state index in [4.69, 9.17) is 0 Å². The van der Waals surface area contributed by atoms with Gasteiger partial charge in [-0.1, -0.05) is 48.5 Å². The van der Waals surface area contributed by atoms with Gasteiger partial charge in [0.2, 0.25) is 5.91 Å². The molecule has 9 nitrogen and oxygen atoms in total. The number of benzene rings is 3. The van der Waals surface area contributed by atoms with Crippen molar-refractivity contribution in [3.63, 3.8) is 0 Å². The lowest BCUT2D eigenvalue weighted by Crippen LogP contribution is -2.53. The van der Waals surface area contributed by atoms with Crippen LogP contribution in [0.5, 0.6) is 5.75 Å².